The van der Waals surface area contributed by atoms with Gasteiger partial charge < -0.3 is 19.6 Å². The van der Waals surface area contributed by atoms with Crippen molar-refractivity contribution in [1.29, 1.82) is 0 Å². The maximum atomic E-state index is 11.3. The van der Waals surface area contributed by atoms with Crippen LogP contribution in [0.4, 0.5) is 0 Å². The highest BCUT2D eigenvalue weighted by Crippen LogP contribution is 2.36. The van der Waals surface area contributed by atoms with Crippen LogP contribution in [-0.2, 0) is 0 Å². The predicted octanol–water partition coefficient (Wildman–Crippen LogP) is 1.64. The molecule has 2 N–H and O–H groups in total. The Labute approximate surface area is 97.6 Å². The van der Waals surface area contributed by atoms with E-state index in [9.17, 15) is 9.90 Å². The number of ether oxygens (including phenoxy) is 2. The first-order valence-corrected chi connectivity index (χ1v) is 5.23. The minimum Gasteiger partial charge on any atom is -0.507 e. The Morgan fingerprint density at radius 2 is 2.18 bits per heavy atom. The van der Waals surface area contributed by atoms with Gasteiger partial charge in [-0.3, -0.25) is 4.79 Å². The third-order valence-corrected chi connectivity index (χ3v) is 2.42. The lowest BCUT2D eigenvalue weighted by Crippen LogP contribution is -2.05. The number of aromatic nitrogens is 1. The van der Waals surface area contributed by atoms with Crippen LogP contribution in [-0.4, -0.2) is 23.8 Å². The number of methoxy groups -OCH3 is 1. The Kier molecular flexibility index (Phi) is 2.91. The standard InChI is InChI=1S/C12H13NO4/c1-3-17-9-5-4-7-8(14)6-10(15)13-11(7)12(9)16-2/h4-6H,3H2,1-2H3,(H2,13,14,15). The fraction of sp³-hybridized carbons (Fsp3) is 0.250. The number of pyridine rings is 1. The van der Waals surface area contributed by atoms with Gasteiger partial charge in [0.2, 0.25) is 0 Å². The molecule has 5 nitrogen and oxygen atoms in total. The molecule has 0 bridgehead atoms. The van der Waals surface area contributed by atoms with Gasteiger partial charge in [-0.05, 0) is 19.1 Å². The number of hydrogen-bond donors (Lipinski definition) is 2. The van der Waals surface area contributed by atoms with E-state index >= 15 is 0 Å². The number of aromatic hydroxyl groups is 1. The van der Waals surface area contributed by atoms with Gasteiger partial charge >= 0.3 is 0 Å². The number of aromatic amines is 1. The van der Waals surface area contributed by atoms with Crippen molar-refractivity contribution in [2.75, 3.05) is 13.7 Å². The SMILES string of the molecule is CCOc1ccc2c(O)cc(=O)[nH]c2c1OC. The second kappa shape index (κ2) is 4.37. The summed E-state index contributed by atoms with van der Waals surface area (Å²) in [5.41, 5.74) is 0.0467. The van der Waals surface area contributed by atoms with Gasteiger partial charge in [0, 0.05) is 11.5 Å². The molecule has 0 amide bonds. The molecule has 90 valence electrons. The molecule has 0 aliphatic carbocycles. The molecular formula is C12H13NO4. The molecule has 0 radical (unpaired) electrons. The number of hydrogen-bond acceptors (Lipinski definition) is 4. The van der Waals surface area contributed by atoms with Crippen LogP contribution in [0.25, 0.3) is 10.9 Å². The number of rotatable bonds is 3. The van der Waals surface area contributed by atoms with Gasteiger partial charge in [-0.15, -0.1) is 0 Å². The molecule has 1 aromatic heterocycles. The summed E-state index contributed by atoms with van der Waals surface area (Å²) in [6.07, 6.45) is 0. The molecule has 0 aliphatic heterocycles. The Balaban J connectivity index is 2.80. The van der Waals surface area contributed by atoms with Gasteiger partial charge in [0.1, 0.15) is 5.75 Å². The van der Waals surface area contributed by atoms with Gasteiger partial charge in [-0.2, -0.15) is 0 Å². The van der Waals surface area contributed by atoms with Crippen LogP contribution in [0.1, 0.15) is 6.92 Å². The second-order valence-corrected chi connectivity index (χ2v) is 3.47. The van der Waals surface area contributed by atoms with Crippen LogP contribution in [0.5, 0.6) is 17.2 Å². The van der Waals surface area contributed by atoms with Crippen LogP contribution in [0.2, 0.25) is 0 Å². The highest BCUT2D eigenvalue weighted by molar-refractivity contribution is 5.91. The van der Waals surface area contributed by atoms with E-state index in [4.69, 9.17) is 9.47 Å². The minimum absolute atomic E-state index is 0.0786. The van der Waals surface area contributed by atoms with E-state index in [0.717, 1.165) is 6.07 Å². The monoisotopic (exact) mass is 235 g/mol. The highest BCUT2D eigenvalue weighted by Gasteiger charge is 2.12. The molecule has 2 rings (SSSR count). The Morgan fingerprint density at radius 1 is 1.41 bits per heavy atom. The molecule has 1 heterocycles. The average Bonchev–Trinajstić information content (AvgIpc) is 2.28. The van der Waals surface area contributed by atoms with Crippen LogP contribution < -0.4 is 15.0 Å². The average molecular weight is 235 g/mol. The first kappa shape index (κ1) is 11.3. The topological polar surface area (TPSA) is 71.5 Å². The van der Waals surface area contributed by atoms with Gasteiger partial charge in [-0.25, -0.2) is 0 Å². The van der Waals surface area contributed by atoms with E-state index < -0.39 is 0 Å². The molecular weight excluding hydrogens is 222 g/mol. The molecule has 0 unspecified atom stereocenters. The van der Waals surface area contributed by atoms with Gasteiger partial charge in [-0.1, -0.05) is 0 Å². The number of nitrogens with one attached hydrogen (secondary N) is 1. The number of fused-ring (bicyclic) bond motifs is 1. The van der Waals surface area contributed by atoms with Gasteiger partial charge in [0.25, 0.3) is 5.56 Å². The summed E-state index contributed by atoms with van der Waals surface area (Å²) in [4.78, 5) is 14.0. The summed E-state index contributed by atoms with van der Waals surface area (Å²) in [5, 5.41) is 10.2. The normalized spacial score (nSPS) is 10.5. The first-order chi connectivity index (χ1) is 8.17. The highest BCUT2D eigenvalue weighted by atomic mass is 16.5. The Morgan fingerprint density at radius 3 is 2.82 bits per heavy atom. The maximum absolute atomic E-state index is 11.3. The van der Waals surface area contributed by atoms with Crippen molar-refractivity contribution in [2.24, 2.45) is 0 Å². The zero-order valence-corrected chi connectivity index (χ0v) is 9.61. The summed E-state index contributed by atoms with van der Waals surface area (Å²) < 4.78 is 10.6. The Hall–Kier alpha value is -2.17. The van der Waals surface area contributed by atoms with E-state index in [1.54, 1.807) is 12.1 Å². The van der Waals surface area contributed by atoms with E-state index in [0.29, 0.717) is 29.0 Å². The van der Waals surface area contributed by atoms with Crippen molar-refractivity contribution in [3.8, 4) is 17.2 Å². The summed E-state index contributed by atoms with van der Waals surface area (Å²) >= 11 is 0. The fourth-order valence-electron chi connectivity index (χ4n) is 1.73. The zero-order valence-electron chi connectivity index (χ0n) is 9.61. The van der Waals surface area contributed by atoms with Crippen molar-refractivity contribution in [3.63, 3.8) is 0 Å². The largest absolute Gasteiger partial charge is 0.507 e. The lowest BCUT2D eigenvalue weighted by atomic mass is 10.2. The molecule has 0 spiro atoms. The molecule has 0 fully saturated rings. The summed E-state index contributed by atoms with van der Waals surface area (Å²) in [5.74, 6) is 0.867. The lowest BCUT2D eigenvalue weighted by molar-refractivity contribution is 0.312. The smallest absolute Gasteiger partial charge is 0.252 e. The zero-order chi connectivity index (χ0) is 12.4. The third-order valence-electron chi connectivity index (χ3n) is 2.42. The lowest BCUT2D eigenvalue weighted by Gasteiger charge is -2.12. The first-order valence-electron chi connectivity index (χ1n) is 5.23. The quantitative estimate of drug-likeness (QED) is 0.848. The second-order valence-electron chi connectivity index (χ2n) is 3.47. The van der Waals surface area contributed by atoms with Crippen LogP contribution in [0.3, 0.4) is 0 Å². The van der Waals surface area contributed by atoms with Gasteiger partial charge in [0.05, 0.1) is 19.2 Å². The van der Waals surface area contributed by atoms with E-state index in [1.807, 2.05) is 6.92 Å². The minimum atomic E-state index is -0.387. The Bertz CT molecular complexity index is 603. The van der Waals surface area contributed by atoms with Gasteiger partial charge in [0.15, 0.2) is 11.5 Å². The summed E-state index contributed by atoms with van der Waals surface area (Å²) in [6, 6.07) is 4.50. The molecule has 5 heteroatoms. The van der Waals surface area contributed by atoms with Crippen molar-refractivity contribution in [2.45, 2.75) is 6.92 Å². The summed E-state index contributed by atoms with van der Waals surface area (Å²) in [7, 11) is 1.49. The molecule has 1 aromatic carbocycles. The van der Waals surface area contributed by atoms with Crippen LogP contribution in [0.15, 0.2) is 23.0 Å². The fourth-order valence-corrected chi connectivity index (χ4v) is 1.73. The molecule has 0 saturated carbocycles. The summed E-state index contributed by atoms with van der Waals surface area (Å²) in [6.45, 7) is 2.35. The molecule has 0 aliphatic rings. The van der Waals surface area contributed by atoms with Crippen molar-refractivity contribution in [3.05, 3.63) is 28.6 Å². The number of H-pyrrole nitrogens is 1. The molecule has 0 saturated heterocycles. The van der Waals surface area contributed by atoms with Crippen LogP contribution >= 0.6 is 0 Å². The molecule has 17 heavy (non-hydrogen) atoms. The van der Waals surface area contributed by atoms with Crippen molar-refractivity contribution >= 4 is 10.9 Å². The maximum Gasteiger partial charge on any atom is 0.252 e. The molecule has 2 aromatic rings. The molecule has 0 atom stereocenters. The van der Waals surface area contributed by atoms with Crippen LogP contribution in [0, 0.1) is 0 Å². The van der Waals surface area contributed by atoms with Crippen molar-refractivity contribution in [1.82, 2.24) is 4.98 Å². The van der Waals surface area contributed by atoms with E-state index in [-0.39, 0.29) is 11.3 Å². The van der Waals surface area contributed by atoms with E-state index in [2.05, 4.69) is 4.98 Å². The van der Waals surface area contributed by atoms with E-state index in [1.165, 1.54) is 7.11 Å². The number of benzene rings is 1. The van der Waals surface area contributed by atoms with Crippen molar-refractivity contribution < 1.29 is 14.6 Å². The third kappa shape index (κ3) is 1.91. The predicted molar refractivity (Wildman–Crippen MR) is 64.0 cm³/mol.